The summed E-state index contributed by atoms with van der Waals surface area (Å²) in [6.07, 6.45) is 1.56. The molecule has 0 fully saturated rings. The molecule has 3 aromatic rings. The fourth-order valence-corrected chi connectivity index (χ4v) is 2.74. The van der Waals surface area contributed by atoms with Gasteiger partial charge in [-0.3, -0.25) is 4.79 Å². The van der Waals surface area contributed by atoms with Gasteiger partial charge in [0.05, 0.1) is 10.9 Å². The molecule has 1 unspecified atom stereocenters. The summed E-state index contributed by atoms with van der Waals surface area (Å²) in [5.74, 6) is -0.192. The number of halogens is 1. The van der Waals surface area contributed by atoms with E-state index in [0.29, 0.717) is 16.5 Å². The van der Waals surface area contributed by atoms with Crippen LogP contribution in [0.4, 0.5) is 5.69 Å². The summed E-state index contributed by atoms with van der Waals surface area (Å²) in [5, 5.41) is 3.07. The van der Waals surface area contributed by atoms with Crippen LogP contribution in [0, 0.1) is 0 Å². The van der Waals surface area contributed by atoms with E-state index in [1.54, 1.807) is 25.3 Å². The molecule has 1 aromatic carbocycles. The zero-order valence-electron chi connectivity index (χ0n) is 11.6. The van der Waals surface area contributed by atoms with Gasteiger partial charge >= 0.3 is 0 Å². The van der Waals surface area contributed by atoms with Crippen molar-refractivity contribution in [3.63, 3.8) is 0 Å². The number of aromatic nitrogens is 2. The molecule has 5 nitrogen and oxygen atoms in total. The summed E-state index contributed by atoms with van der Waals surface area (Å²) in [7, 11) is 0. The fourth-order valence-electron chi connectivity index (χ4n) is 1.82. The van der Waals surface area contributed by atoms with Gasteiger partial charge in [-0.2, -0.15) is 0 Å². The summed E-state index contributed by atoms with van der Waals surface area (Å²) >= 11 is 7.17. The molecular weight excluding hydrogens is 322 g/mol. The van der Waals surface area contributed by atoms with E-state index in [2.05, 4.69) is 15.3 Å². The van der Waals surface area contributed by atoms with Gasteiger partial charge in [0.2, 0.25) is 5.91 Å². The third kappa shape index (κ3) is 3.23. The molecule has 7 heteroatoms. The number of oxazole rings is 1. The van der Waals surface area contributed by atoms with Crippen LogP contribution >= 0.6 is 23.4 Å². The third-order valence-electron chi connectivity index (χ3n) is 2.94. The second-order valence-corrected chi connectivity index (χ2v) is 6.19. The fraction of sp³-hybridized carbons (Fsp3) is 0.133. The van der Waals surface area contributed by atoms with Crippen LogP contribution in [0.15, 0.2) is 52.2 Å². The van der Waals surface area contributed by atoms with Crippen molar-refractivity contribution in [2.75, 3.05) is 5.32 Å². The second kappa shape index (κ2) is 6.37. The zero-order valence-corrected chi connectivity index (χ0v) is 13.2. The van der Waals surface area contributed by atoms with Gasteiger partial charge in [0.25, 0.3) is 5.22 Å². The summed E-state index contributed by atoms with van der Waals surface area (Å²) in [4.78, 5) is 20.5. The number of anilines is 1. The first-order chi connectivity index (χ1) is 10.6. The van der Waals surface area contributed by atoms with Crippen molar-refractivity contribution in [2.45, 2.75) is 17.4 Å². The molecular formula is C15H12ClN3O2S. The predicted molar refractivity (Wildman–Crippen MR) is 87.2 cm³/mol. The van der Waals surface area contributed by atoms with E-state index >= 15 is 0 Å². The first-order valence-electron chi connectivity index (χ1n) is 6.57. The Morgan fingerprint density at radius 3 is 2.91 bits per heavy atom. The largest absolute Gasteiger partial charge is 0.431 e. The number of fused-ring (bicyclic) bond motifs is 1. The molecule has 0 spiro atoms. The highest BCUT2D eigenvalue weighted by Gasteiger charge is 2.19. The van der Waals surface area contributed by atoms with Crippen LogP contribution in [0.3, 0.4) is 0 Å². The van der Waals surface area contributed by atoms with Crippen LogP contribution in [0.1, 0.15) is 6.92 Å². The summed E-state index contributed by atoms with van der Waals surface area (Å²) in [6, 6.07) is 10.9. The Hall–Kier alpha value is -2.05. The first kappa shape index (κ1) is 14.9. The topological polar surface area (TPSA) is 68.0 Å². The van der Waals surface area contributed by atoms with Gasteiger partial charge < -0.3 is 9.73 Å². The highest BCUT2D eigenvalue weighted by Crippen LogP contribution is 2.27. The molecule has 2 heterocycles. The van der Waals surface area contributed by atoms with E-state index < -0.39 is 0 Å². The van der Waals surface area contributed by atoms with Crippen molar-refractivity contribution in [2.24, 2.45) is 0 Å². The molecule has 1 N–H and O–H groups in total. The Morgan fingerprint density at radius 1 is 1.32 bits per heavy atom. The van der Waals surface area contributed by atoms with Crippen molar-refractivity contribution in [3.05, 3.63) is 47.7 Å². The molecule has 2 aromatic heterocycles. The Labute approximate surface area is 136 Å². The molecule has 0 bridgehead atoms. The molecule has 0 aliphatic carbocycles. The molecule has 112 valence electrons. The molecule has 0 saturated carbocycles. The van der Waals surface area contributed by atoms with Crippen LogP contribution < -0.4 is 5.32 Å². The van der Waals surface area contributed by atoms with Gasteiger partial charge in [0, 0.05) is 6.20 Å². The van der Waals surface area contributed by atoms with Crippen LogP contribution in [-0.4, -0.2) is 21.1 Å². The monoisotopic (exact) mass is 333 g/mol. The average molecular weight is 334 g/mol. The Balaban J connectivity index is 1.69. The maximum Gasteiger partial charge on any atom is 0.257 e. The Morgan fingerprint density at radius 2 is 2.14 bits per heavy atom. The van der Waals surface area contributed by atoms with Crippen molar-refractivity contribution in [1.29, 1.82) is 0 Å². The summed E-state index contributed by atoms with van der Waals surface area (Å²) in [6.45, 7) is 1.78. The number of para-hydroxylation sites is 2. The van der Waals surface area contributed by atoms with Crippen molar-refractivity contribution < 1.29 is 9.21 Å². The van der Waals surface area contributed by atoms with E-state index in [9.17, 15) is 4.79 Å². The van der Waals surface area contributed by atoms with E-state index in [1.165, 1.54) is 11.8 Å². The average Bonchev–Trinajstić information content (AvgIpc) is 2.91. The van der Waals surface area contributed by atoms with E-state index in [-0.39, 0.29) is 16.3 Å². The van der Waals surface area contributed by atoms with E-state index in [4.69, 9.17) is 16.0 Å². The highest BCUT2D eigenvalue weighted by atomic mass is 35.5. The van der Waals surface area contributed by atoms with Gasteiger partial charge in [-0.05, 0) is 31.2 Å². The van der Waals surface area contributed by atoms with Crippen LogP contribution in [0.25, 0.3) is 11.1 Å². The van der Waals surface area contributed by atoms with Crippen molar-refractivity contribution in [1.82, 2.24) is 9.97 Å². The summed E-state index contributed by atoms with van der Waals surface area (Å²) in [5.41, 5.74) is 1.96. The molecule has 0 saturated heterocycles. The molecule has 22 heavy (non-hydrogen) atoms. The number of hydrogen-bond donors (Lipinski definition) is 1. The number of nitrogens with zero attached hydrogens (tertiary/aromatic N) is 2. The minimum Gasteiger partial charge on any atom is -0.431 e. The number of thioether (sulfide) groups is 1. The molecule has 0 radical (unpaired) electrons. The van der Waals surface area contributed by atoms with Gasteiger partial charge in [0.15, 0.2) is 10.7 Å². The van der Waals surface area contributed by atoms with Gasteiger partial charge in [-0.15, -0.1) is 0 Å². The molecule has 0 aliphatic heterocycles. The normalized spacial score (nSPS) is 12.3. The number of nitrogens with one attached hydrogen (secondary N) is 1. The minimum atomic E-state index is -0.385. The lowest BCUT2D eigenvalue weighted by Gasteiger charge is -2.10. The van der Waals surface area contributed by atoms with Crippen molar-refractivity contribution >= 4 is 46.1 Å². The molecule has 0 aliphatic rings. The smallest absolute Gasteiger partial charge is 0.257 e. The number of carbonyl (C=O) groups excluding carboxylic acids is 1. The molecule has 1 atom stereocenters. The van der Waals surface area contributed by atoms with E-state index in [1.807, 2.05) is 24.3 Å². The van der Waals surface area contributed by atoms with Crippen LogP contribution in [0.2, 0.25) is 5.15 Å². The number of rotatable bonds is 4. The molecule has 1 amide bonds. The quantitative estimate of drug-likeness (QED) is 0.577. The Kier molecular flexibility index (Phi) is 4.31. The number of benzene rings is 1. The van der Waals surface area contributed by atoms with Crippen LogP contribution in [0.5, 0.6) is 0 Å². The third-order valence-corrected chi connectivity index (χ3v) is 4.18. The number of hydrogen-bond acceptors (Lipinski definition) is 5. The zero-order chi connectivity index (χ0) is 15.5. The maximum absolute atomic E-state index is 12.2. The minimum absolute atomic E-state index is 0.192. The predicted octanol–water partition coefficient (Wildman–Crippen LogP) is 4.00. The lowest BCUT2D eigenvalue weighted by atomic mass is 10.3. The standard InChI is InChI=1S/C15H12ClN3O2S/c1-9(14(20)18-11-6-4-8-17-13(11)16)22-15-19-10-5-2-3-7-12(10)21-15/h2-9H,1H3,(H,18,20). The Bertz CT molecular complexity index is 788. The first-order valence-corrected chi connectivity index (χ1v) is 7.83. The molecule has 3 rings (SSSR count). The number of pyridine rings is 1. The van der Waals surface area contributed by atoms with Crippen LogP contribution in [-0.2, 0) is 4.79 Å². The maximum atomic E-state index is 12.2. The lowest BCUT2D eigenvalue weighted by molar-refractivity contribution is -0.115. The van der Waals surface area contributed by atoms with Gasteiger partial charge in [0.1, 0.15) is 5.52 Å². The number of carbonyl (C=O) groups is 1. The number of amides is 1. The SMILES string of the molecule is CC(Sc1nc2ccccc2o1)C(=O)Nc1cccnc1Cl. The second-order valence-electron chi connectivity index (χ2n) is 4.54. The van der Waals surface area contributed by atoms with Gasteiger partial charge in [-0.1, -0.05) is 35.5 Å². The highest BCUT2D eigenvalue weighted by molar-refractivity contribution is 8.00. The summed E-state index contributed by atoms with van der Waals surface area (Å²) < 4.78 is 5.60. The van der Waals surface area contributed by atoms with E-state index in [0.717, 1.165) is 5.52 Å². The lowest BCUT2D eigenvalue weighted by Crippen LogP contribution is -2.22. The van der Waals surface area contributed by atoms with Gasteiger partial charge in [-0.25, -0.2) is 9.97 Å². The van der Waals surface area contributed by atoms with Crippen molar-refractivity contribution in [3.8, 4) is 0 Å².